The van der Waals surface area contributed by atoms with Crippen LogP contribution in [-0.4, -0.2) is 35.2 Å². The van der Waals surface area contributed by atoms with Crippen molar-refractivity contribution in [3.05, 3.63) is 42.0 Å². The predicted molar refractivity (Wildman–Crippen MR) is 72.2 cm³/mol. The van der Waals surface area contributed by atoms with E-state index in [1.807, 2.05) is 38.2 Å². The molecule has 0 unspecified atom stereocenters. The van der Waals surface area contributed by atoms with Gasteiger partial charge in [0.2, 0.25) is 0 Å². The molecule has 1 N–H and O–H groups in total. The summed E-state index contributed by atoms with van der Waals surface area (Å²) in [4.78, 5) is 0. The second kappa shape index (κ2) is 5.08. The lowest BCUT2D eigenvalue weighted by Gasteiger charge is -2.08. The van der Waals surface area contributed by atoms with Crippen LogP contribution >= 0.6 is 0 Å². The first-order valence-corrected chi connectivity index (χ1v) is 6.17. The summed E-state index contributed by atoms with van der Waals surface area (Å²) in [6, 6.07) is 7.90. The van der Waals surface area contributed by atoms with Crippen molar-refractivity contribution in [3.63, 3.8) is 0 Å². The van der Waals surface area contributed by atoms with Crippen molar-refractivity contribution in [3.8, 4) is 5.69 Å². The van der Waals surface area contributed by atoms with Crippen LogP contribution < -0.4 is 5.32 Å². The number of nitrogens with one attached hydrogen (secondary N) is 1. The van der Waals surface area contributed by atoms with Gasteiger partial charge in [-0.1, -0.05) is 11.3 Å². The molecule has 0 spiro atoms. The van der Waals surface area contributed by atoms with Crippen molar-refractivity contribution < 1.29 is 0 Å². The Bertz CT molecular complexity index is 714. The highest BCUT2D eigenvalue weighted by Gasteiger charge is 2.05. The van der Waals surface area contributed by atoms with E-state index in [0.29, 0.717) is 6.54 Å². The standard InChI is InChI=1S/C12H14N8/c1-9-15-16-18-20(9)11-5-3-4-10(6-11)13-7-12-8-14-17-19(12)2/h3-6,8,13H,7H2,1-2H3. The molecule has 8 nitrogen and oxygen atoms in total. The maximum atomic E-state index is 3.95. The van der Waals surface area contributed by atoms with Crippen LogP contribution in [0.1, 0.15) is 11.5 Å². The molecule has 0 saturated carbocycles. The molecule has 0 radical (unpaired) electrons. The van der Waals surface area contributed by atoms with Crippen molar-refractivity contribution in [1.29, 1.82) is 0 Å². The van der Waals surface area contributed by atoms with Crippen LogP contribution in [0.25, 0.3) is 5.69 Å². The van der Waals surface area contributed by atoms with E-state index in [1.54, 1.807) is 15.6 Å². The van der Waals surface area contributed by atoms with Gasteiger partial charge < -0.3 is 5.32 Å². The summed E-state index contributed by atoms with van der Waals surface area (Å²) < 4.78 is 3.43. The number of hydrogen-bond acceptors (Lipinski definition) is 6. The molecule has 0 saturated heterocycles. The van der Waals surface area contributed by atoms with Gasteiger partial charge in [-0.15, -0.1) is 10.2 Å². The third-order valence-electron chi connectivity index (χ3n) is 3.00. The molecule has 8 heteroatoms. The molecule has 0 amide bonds. The zero-order chi connectivity index (χ0) is 13.9. The second-order valence-electron chi connectivity index (χ2n) is 4.39. The molecular weight excluding hydrogens is 256 g/mol. The Hall–Kier alpha value is -2.77. The molecular formula is C12H14N8. The van der Waals surface area contributed by atoms with E-state index >= 15 is 0 Å². The molecule has 0 fully saturated rings. The van der Waals surface area contributed by atoms with Crippen LogP contribution in [0.4, 0.5) is 5.69 Å². The number of aryl methyl sites for hydroxylation is 2. The number of benzene rings is 1. The third-order valence-corrected chi connectivity index (χ3v) is 3.00. The molecule has 0 bridgehead atoms. The lowest BCUT2D eigenvalue weighted by atomic mass is 10.2. The first-order chi connectivity index (χ1) is 9.74. The van der Waals surface area contributed by atoms with Crippen LogP contribution in [0.2, 0.25) is 0 Å². The van der Waals surface area contributed by atoms with Gasteiger partial charge in [0, 0.05) is 12.7 Å². The second-order valence-corrected chi connectivity index (χ2v) is 4.39. The molecule has 0 atom stereocenters. The van der Waals surface area contributed by atoms with Crippen LogP contribution in [0.5, 0.6) is 0 Å². The zero-order valence-corrected chi connectivity index (χ0v) is 11.2. The van der Waals surface area contributed by atoms with Crippen molar-refractivity contribution in [2.75, 3.05) is 5.32 Å². The molecule has 2 heterocycles. The number of tetrazole rings is 1. The van der Waals surface area contributed by atoms with E-state index in [-0.39, 0.29) is 0 Å². The average molecular weight is 270 g/mol. The van der Waals surface area contributed by atoms with Gasteiger partial charge in [-0.3, -0.25) is 4.68 Å². The highest BCUT2D eigenvalue weighted by atomic mass is 15.5. The van der Waals surface area contributed by atoms with Crippen LogP contribution in [-0.2, 0) is 13.6 Å². The fraction of sp³-hybridized carbons (Fsp3) is 0.250. The van der Waals surface area contributed by atoms with E-state index in [1.165, 1.54) is 0 Å². The first-order valence-electron chi connectivity index (χ1n) is 6.17. The number of aromatic nitrogens is 7. The lowest BCUT2D eigenvalue weighted by molar-refractivity contribution is 0.683. The number of hydrogen-bond donors (Lipinski definition) is 1. The monoisotopic (exact) mass is 270 g/mol. The summed E-state index contributed by atoms with van der Waals surface area (Å²) in [6.07, 6.45) is 1.74. The van der Waals surface area contributed by atoms with Gasteiger partial charge in [-0.25, -0.2) is 0 Å². The Morgan fingerprint density at radius 3 is 2.85 bits per heavy atom. The van der Waals surface area contributed by atoms with Crippen molar-refractivity contribution in [2.24, 2.45) is 7.05 Å². The number of anilines is 1. The zero-order valence-electron chi connectivity index (χ0n) is 11.2. The molecule has 3 aromatic rings. The van der Waals surface area contributed by atoms with Crippen molar-refractivity contribution in [2.45, 2.75) is 13.5 Å². The van der Waals surface area contributed by atoms with E-state index in [9.17, 15) is 0 Å². The summed E-state index contributed by atoms with van der Waals surface area (Å²) in [5.41, 5.74) is 2.91. The molecule has 0 aliphatic rings. The number of nitrogens with zero attached hydrogens (tertiary/aromatic N) is 7. The predicted octanol–water partition coefficient (Wildman–Crippen LogP) is 0.711. The van der Waals surface area contributed by atoms with Crippen LogP contribution in [0.3, 0.4) is 0 Å². The van der Waals surface area contributed by atoms with Gasteiger partial charge >= 0.3 is 0 Å². The van der Waals surface area contributed by atoms with Gasteiger partial charge in [-0.05, 0) is 35.5 Å². The highest BCUT2D eigenvalue weighted by Crippen LogP contribution is 2.15. The molecule has 0 aliphatic heterocycles. The maximum Gasteiger partial charge on any atom is 0.153 e. The lowest BCUT2D eigenvalue weighted by Crippen LogP contribution is -2.06. The maximum absolute atomic E-state index is 3.95. The van der Waals surface area contributed by atoms with Gasteiger partial charge in [0.15, 0.2) is 5.82 Å². The van der Waals surface area contributed by atoms with Crippen molar-refractivity contribution >= 4 is 5.69 Å². The third kappa shape index (κ3) is 2.35. The van der Waals surface area contributed by atoms with Gasteiger partial charge in [0.25, 0.3) is 0 Å². The molecule has 20 heavy (non-hydrogen) atoms. The van der Waals surface area contributed by atoms with E-state index in [0.717, 1.165) is 22.9 Å². The quantitative estimate of drug-likeness (QED) is 0.751. The SMILES string of the molecule is Cc1nnnn1-c1cccc(NCc2cnnn2C)c1. The van der Waals surface area contributed by atoms with Gasteiger partial charge in [0.1, 0.15) is 0 Å². The topological polar surface area (TPSA) is 86.3 Å². The first kappa shape index (κ1) is 12.3. The minimum Gasteiger partial charge on any atom is -0.379 e. The van der Waals surface area contributed by atoms with Gasteiger partial charge in [0.05, 0.1) is 24.1 Å². The molecule has 102 valence electrons. The fourth-order valence-electron chi connectivity index (χ4n) is 1.88. The molecule has 1 aromatic carbocycles. The summed E-state index contributed by atoms with van der Waals surface area (Å²) >= 11 is 0. The minimum absolute atomic E-state index is 0.654. The summed E-state index contributed by atoms with van der Waals surface area (Å²) in [5, 5.41) is 22.6. The largest absolute Gasteiger partial charge is 0.379 e. The highest BCUT2D eigenvalue weighted by molar-refractivity contribution is 5.51. The van der Waals surface area contributed by atoms with Crippen LogP contribution in [0.15, 0.2) is 30.5 Å². The van der Waals surface area contributed by atoms with E-state index in [4.69, 9.17) is 0 Å². The average Bonchev–Trinajstić information content (AvgIpc) is 3.05. The summed E-state index contributed by atoms with van der Waals surface area (Å²) in [6.45, 7) is 2.52. The van der Waals surface area contributed by atoms with E-state index in [2.05, 4.69) is 31.2 Å². The number of rotatable bonds is 4. The molecule has 0 aliphatic carbocycles. The molecule has 2 aromatic heterocycles. The van der Waals surface area contributed by atoms with E-state index < -0.39 is 0 Å². The normalized spacial score (nSPS) is 10.7. The minimum atomic E-state index is 0.654. The Balaban J connectivity index is 1.78. The van der Waals surface area contributed by atoms with Gasteiger partial charge in [-0.2, -0.15) is 4.68 Å². The molecule has 3 rings (SSSR count). The summed E-state index contributed by atoms with van der Waals surface area (Å²) in [7, 11) is 1.87. The Labute approximate surface area is 115 Å². The van der Waals surface area contributed by atoms with Crippen LogP contribution in [0, 0.1) is 6.92 Å². The Kier molecular flexibility index (Phi) is 3.12. The smallest absolute Gasteiger partial charge is 0.153 e. The van der Waals surface area contributed by atoms with Crippen molar-refractivity contribution in [1.82, 2.24) is 35.2 Å². The Morgan fingerprint density at radius 1 is 1.25 bits per heavy atom. The Morgan fingerprint density at radius 2 is 2.15 bits per heavy atom. The fourth-order valence-corrected chi connectivity index (χ4v) is 1.88. The summed E-state index contributed by atoms with van der Waals surface area (Å²) in [5.74, 6) is 0.748.